The number of aromatic amines is 1. The van der Waals surface area contributed by atoms with Crippen molar-refractivity contribution in [3.05, 3.63) is 132 Å². The number of anilines is 2. The highest BCUT2D eigenvalue weighted by atomic mass is 16.6. The Morgan fingerprint density at radius 1 is 0.742 bits per heavy atom. The highest BCUT2D eigenvalue weighted by Crippen LogP contribution is 2.32. The lowest BCUT2D eigenvalue weighted by atomic mass is 10.0. The molecule has 2 atom stereocenters. The summed E-state index contributed by atoms with van der Waals surface area (Å²) in [5, 5.41) is 27.1. The zero-order valence-electron chi connectivity index (χ0n) is 49.7. The number of carboxylic acid groups (broad SMARTS) is 1. The number of carbonyl (C=O) groups is 8. The fourth-order valence-corrected chi connectivity index (χ4v) is 8.92. The SMILES string of the molecule is Cc1cccc(-c2nc(CNc3ccccc3C(=O)O)[nH]c2-c2ccc3ncc(OCCNC(=O)OCc4ccc(NC(=O)C(CCCNC(N)=O)NC(=O)C(NC(=O)CCOCCOCCOCCOCCN5C(=O)C=CC5=O)C(C)C)cc4)cc3c2)n1. The van der Waals surface area contributed by atoms with E-state index in [0.717, 1.165) is 21.5 Å². The van der Waals surface area contributed by atoms with Crippen LogP contribution in [0.15, 0.2) is 109 Å². The zero-order chi connectivity index (χ0) is 63.5. The van der Waals surface area contributed by atoms with Crippen LogP contribution >= 0.6 is 0 Å². The van der Waals surface area contributed by atoms with Crippen molar-refractivity contribution >= 4 is 69.9 Å². The lowest BCUT2D eigenvalue weighted by Gasteiger charge is -2.25. The number of imidazole rings is 1. The van der Waals surface area contributed by atoms with Gasteiger partial charge in [-0.1, -0.05) is 50.2 Å². The Balaban J connectivity index is 0.812. The Morgan fingerprint density at radius 3 is 2.15 bits per heavy atom. The van der Waals surface area contributed by atoms with Crippen molar-refractivity contribution in [2.45, 2.75) is 65.3 Å². The number of urea groups is 1. The number of fused-ring (bicyclic) bond motifs is 1. The molecule has 0 fully saturated rings. The number of pyridine rings is 2. The van der Waals surface area contributed by atoms with E-state index in [-0.39, 0.29) is 115 Å². The number of nitrogens with two attached hydrogens (primary N) is 1. The van der Waals surface area contributed by atoms with Crippen molar-refractivity contribution in [2.24, 2.45) is 11.7 Å². The molecule has 27 heteroatoms. The number of nitrogens with zero attached hydrogens (tertiary/aromatic N) is 4. The third-order valence-electron chi connectivity index (χ3n) is 13.5. The van der Waals surface area contributed by atoms with E-state index >= 15 is 0 Å². The van der Waals surface area contributed by atoms with Gasteiger partial charge < -0.3 is 76.1 Å². The molecular weight excluding hydrogens is 1150 g/mol. The molecule has 6 aromatic rings. The average molecular weight is 1230 g/mol. The van der Waals surface area contributed by atoms with Crippen LogP contribution in [0, 0.1) is 12.8 Å². The molecule has 1 aliphatic rings. The maximum atomic E-state index is 13.7. The minimum Gasteiger partial charge on any atom is -0.490 e. The maximum absolute atomic E-state index is 13.7. The summed E-state index contributed by atoms with van der Waals surface area (Å²) in [7, 11) is 0. The molecule has 10 N–H and O–H groups in total. The number of aromatic nitrogens is 4. The van der Waals surface area contributed by atoms with Gasteiger partial charge in [0.15, 0.2) is 0 Å². The Morgan fingerprint density at radius 2 is 1.45 bits per heavy atom. The Labute approximate surface area is 513 Å². The summed E-state index contributed by atoms with van der Waals surface area (Å²) in [6.07, 6.45) is 3.69. The van der Waals surface area contributed by atoms with Crippen molar-refractivity contribution in [1.29, 1.82) is 0 Å². The summed E-state index contributed by atoms with van der Waals surface area (Å²) in [6, 6.07) is 23.7. The minimum absolute atomic E-state index is 0.0433. The second kappa shape index (κ2) is 34.5. The molecular formula is C62H74N12O15. The van der Waals surface area contributed by atoms with Gasteiger partial charge in [0.2, 0.25) is 17.7 Å². The third kappa shape index (κ3) is 21.5. The van der Waals surface area contributed by atoms with Crippen molar-refractivity contribution in [3.8, 4) is 28.4 Å². The third-order valence-corrected chi connectivity index (χ3v) is 13.5. The molecule has 3 aromatic carbocycles. The average Bonchev–Trinajstić information content (AvgIpc) is 2.12. The highest BCUT2D eigenvalue weighted by molar-refractivity contribution is 6.12. The largest absolute Gasteiger partial charge is 0.490 e. The molecule has 27 nitrogen and oxygen atoms in total. The lowest BCUT2D eigenvalue weighted by molar-refractivity contribution is -0.137. The van der Waals surface area contributed by atoms with Crippen molar-refractivity contribution in [2.75, 3.05) is 89.7 Å². The lowest BCUT2D eigenvalue weighted by Crippen LogP contribution is -2.54. The molecule has 4 heterocycles. The number of aromatic carboxylic acids is 1. The predicted molar refractivity (Wildman–Crippen MR) is 326 cm³/mol. The topological polar surface area (TPSA) is 368 Å². The number of ether oxygens (including phenoxy) is 6. The Hall–Kier alpha value is -9.83. The molecule has 8 amide bonds. The number of carbonyl (C=O) groups excluding carboxylic acids is 7. The van der Waals surface area contributed by atoms with Crippen LogP contribution in [0.2, 0.25) is 0 Å². The van der Waals surface area contributed by atoms with Gasteiger partial charge >= 0.3 is 18.1 Å². The molecule has 0 radical (unpaired) electrons. The normalized spacial score (nSPS) is 12.6. The van der Waals surface area contributed by atoms with Gasteiger partial charge in [0.05, 0.1) is 101 Å². The van der Waals surface area contributed by atoms with Gasteiger partial charge in [0.1, 0.15) is 42.6 Å². The molecule has 0 spiro atoms. The number of para-hydroxylation sites is 1. The fourth-order valence-electron chi connectivity index (χ4n) is 8.92. The summed E-state index contributed by atoms with van der Waals surface area (Å²) in [5.74, 6) is -2.68. The number of benzene rings is 3. The summed E-state index contributed by atoms with van der Waals surface area (Å²) in [6.45, 7) is 7.96. The van der Waals surface area contributed by atoms with E-state index in [4.69, 9.17) is 44.1 Å². The number of hydrogen-bond acceptors (Lipinski definition) is 18. The first-order valence-corrected chi connectivity index (χ1v) is 28.9. The summed E-state index contributed by atoms with van der Waals surface area (Å²) in [5.41, 5.74) is 11.1. The highest BCUT2D eigenvalue weighted by Gasteiger charge is 2.29. The van der Waals surface area contributed by atoms with Crippen LogP contribution in [0.25, 0.3) is 33.5 Å². The van der Waals surface area contributed by atoms with Crippen LogP contribution in [-0.4, -0.2) is 169 Å². The number of aryl methyl sites for hydroxylation is 1. The van der Waals surface area contributed by atoms with Crippen LogP contribution < -0.4 is 42.4 Å². The molecule has 472 valence electrons. The Kier molecular flexibility index (Phi) is 25.8. The van der Waals surface area contributed by atoms with Gasteiger partial charge in [-0.2, -0.15) is 0 Å². The Bertz CT molecular complexity index is 3410. The van der Waals surface area contributed by atoms with Gasteiger partial charge in [-0.15, -0.1) is 0 Å². The molecule has 0 saturated heterocycles. The molecule has 0 bridgehead atoms. The van der Waals surface area contributed by atoms with E-state index in [9.17, 15) is 43.5 Å². The standard InChI is InChI=1S/C62H74N12O15/c1-39(2)55(73-52(75)21-25-84-28-30-86-32-33-87-31-29-85-27-24-74-53(76)19-20-54(74)77)59(79)70-50(12-7-22-64-61(63)82)58(78)69-44-16-13-41(14-17-44)38-89-62(83)65-23-26-88-45-35-43-34-42(15-18-47(43)66-36-45)56-57(49-11-6-8-40(3)68-49)72-51(71-56)37-67-48-10-5-4-9-46(48)60(80)81/h4-6,8-11,13-20,34-36,39,50,55,67H,7,12,21-33,37-38H2,1-3H3,(H,65,83)(H,69,78)(H,70,79)(H,71,72)(H,73,75)(H,80,81)(H3,63,64,82). The first kappa shape index (κ1) is 66.7. The van der Waals surface area contributed by atoms with Gasteiger partial charge in [-0.25, -0.2) is 19.4 Å². The van der Waals surface area contributed by atoms with Crippen molar-refractivity contribution in [1.82, 2.24) is 46.1 Å². The molecule has 3 aromatic heterocycles. The summed E-state index contributed by atoms with van der Waals surface area (Å²) in [4.78, 5) is 118. The van der Waals surface area contributed by atoms with E-state index in [1.165, 1.54) is 18.2 Å². The smallest absolute Gasteiger partial charge is 0.407 e. The summed E-state index contributed by atoms with van der Waals surface area (Å²) < 4.78 is 33.2. The minimum atomic E-state index is -1.07. The second-order valence-electron chi connectivity index (χ2n) is 20.5. The molecule has 7 rings (SSSR count). The van der Waals surface area contributed by atoms with Crippen LogP contribution in [0.1, 0.15) is 60.5 Å². The number of rotatable bonds is 37. The van der Waals surface area contributed by atoms with Gasteiger partial charge in [-0.3, -0.25) is 38.8 Å². The number of H-pyrrole nitrogens is 1. The van der Waals surface area contributed by atoms with E-state index in [2.05, 4.69) is 41.9 Å². The monoisotopic (exact) mass is 1230 g/mol. The number of imide groups is 1. The van der Waals surface area contributed by atoms with Gasteiger partial charge in [0.25, 0.3) is 11.8 Å². The fraction of sp³-hybridized carbons (Fsp3) is 0.371. The number of carboxylic acids is 1. The molecule has 1 aliphatic heterocycles. The first-order chi connectivity index (χ1) is 43.0. The number of primary amides is 1. The van der Waals surface area contributed by atoms with E-state index in [1.54, 1.807) is 62.5 Å². The van der Waals surface area contributed by atoms with E-state index in [0.29, 0.717) is 70.9 Å². The van der Waals surface area contributed by atoms with Crippen LogP contribution in [0.3, 0.4) is 0 Å². The van der Waals surface area contributed by atoms with Crippen molar-refractivity contribution < 1.29 is 71.9 Å². The molecule has 0 saturated carbocycles. The number of alkyl carbamates (subject to hydrolysis) is 1. The molecule has 89 heavy (non-hydrogen) atoms. The van der Waals surface area contributed by atoms with Crippen LogP contribution in [0.4, 0.5) is 21.0 Å². The zero-order valence-corrected chi connectivity index (χ0v) is 49.7. The second-order valence-corrected chi connectivity index (χ2v) is 20.5. The first-order valence-electron chi connectivity index (χ1n) is 28.9. The summed E-state index contributed by atoms with van der Waals surface area (Å²) >= 11 is 0. The van der Waals surface area contributed by atoms with Crippen LogP contribution in [0.5, 0.6) is 5.75 Å². The number of nitrogens with one attached hydrogen (secondary N) is 7. The van der Waals surface area contributed by atoms with Gasteiger partial charge in [-0.05, 0) is 85.8 Å². The van der Waals surface area contributed by atoms with E-state index < -0.39 is 47.9 Å². The van der Waals surface area contributed by atoms with E-state index in [1.807, 2.05) is 49.4 Å². The number of hydrogen-bond donors (Lipinski definition) is 9. The molecule has 2 unspecified atom stereocenters. The molecule has 0 aliphatic carbocycles. The predicted octanol–water partition coefficient (Wildman–Crippen LogP) is 5.00. The van der Waals surface area contributed by atoms with Crippen LogP contribution in [-0.2, 0) is 60.8 Å². The quantitative estimate of drug-likeness (QED) is 0.0183. The number of amides is 8. The van der Waals surface area contributed by atoms with Gasteiger partial charge in [0, 0.05) is 53.1 Å². The maximum Gasteiger partial charge on any atom is 0.407 e. The van der Waals surface area contributed by atoms with Crippen molar-refractivity contribution in [3.63, 3.8) is 0 Å².